The Morgan fingerprint density at radius 2 is 1.88 bits per heavy atom. The molecule has 1 heterocycles. The Balaban J connectivity index is 2.00. The van der Waals surface area contributed by atoms with Crippen molar-refractivity contribution in [1.29, 1.82) is 0 Å². The molecule has 0 radical (unpaired) electrons. The molecule has 7 heteroatoms. The summed E-state index contributed by atoms with van der Waals surface area (Å²) in [6.07, 6.45) is 0.876. The molecule has 0 saturated heterocycles. The third-order valence-corrected chi connectivity index (χ3v) is 7.40. The Hall–Kier alpha value is -1.83. The molecule has 0 N–H and O–H groups in total. The van der Waals surface area contributed by atoms with Gasteiger partial charge in [-0.3, -0.25) is 4.79 Å². The number of nitrogens with zero attached hydrogens (tertiary/aromatic N) is 2. The zero-order valence-electron chi connectivity index (χ0n) is 15.0. The maximum atomic E-state index is 13.2. The van der Waals surface area contributed by atoms with Crippen LogP contribution >= 0.6 is 11.8 Å². The number of thioether (sulfide) groups is 1. The summed E-state index contributed by atoms with van der Waals surface area (Å²) in [7, 11) is -0.622. The van der Waals surface area contributed by atoms with Crippen LogP contribution in [-0.4, -0.2) is 44.5 Å². The van der Waals surface area contributed by atoms with Gasteiger partial charge in [0.25, 0.3) is 5.91 Å². The fraction of sp³-hybridized carbons (Fsp3) is 0.316. The van der Waals surface area contributed by atoms with E-state index in [1.807, 2.05) is 24.3 Å². The van der Waals surface area contributed by atoms with Crippen molar-refractivity contribution in [3.63, 3.8) is 0 Å². The van der Waals surface area contributed by atoms with Gasteiger partial charge >= 0.3 is 0 Å². The summed E-state index contributed by atoms with van der Waals surface area (Å²) in [5.41, 5.74) is 1.26. The van der Waals surface area contributed by atoms with Gasteiger partial charge < -0.3 is 4.90 Å². The molecule has 0 aromatic heterocycles. The zero-order valence-corrected chi connectivity index (χ0v) is 16.7. The first kappa shape index (κ1) is 18.9. The number of para-hydroxylation sites is 1. The maximum Gasteiger partial charge on any atom is 0.258 e. The lowest BCUT2D eigenvalue weighted by atomic mass is 10.1. The van der Waals surface area contributed by atoms with E-state index < -0.39 is 10.0 Å². The average molecular weight is 391 g/mol. The zero-order chi connectivity index (χ0) is 18.9. The number of carbonyl (C=O) groups is 1. The molecule has 2 aromatic rings. The van der Waals surface area contributed by atoms with Gasteiger partial charge in [-0.05, 0) is 36.8 Å². The standard InChI is InChI=1S/C19H22N2O3S2/c1-14-11-12-21(17-9-4-5-10-18(17)25-14)19(22)15-7-6-8-16(13-15)26(23,24)20(2)3/h4-10,13-14H,11-12H2,1-3H3/t14-/m0/s1. The van der Waals surface area contributed by atoms with Crippen molar-refractivity contribution in [3.05, 3.63) is 54.1 Å². The highest BCUT2D eigenvalue weighted by molar-refractivity contribution is 8.00. The van der Waals surface area contributed by atoms with Crippen LogP contribution < -0.4 is 4.90 Å². The highest BCUT2D eigenvalue weighted by Gasteiger charge is 2.26. The van der Waals surface area contributed by atoms with Crippen LogP contribution in [0.25, 0.3) is 0 Å². The largest absolute Gasteiger partial charge is 0.307 e. The molecule has 1 amide bonds. The first-order valence-electron chi connectivity index (χ1n) is 8.41. The first-order valence-corrected chi connectivity index (χ1v) is 10.7. The van der Waals surface area contributed by atoms with E-state index in [1.54, 1.807) is 28.8 Å². The fourth-order valence-electron chi connectivity index (χ4n) is 2.85. The molecule has 0 saturated carbocycles. The number of fused-ring (bicyclic) bond motifs is 1. The predicted molar refractivity (Wildman–Crippen MR) is 105 cm³/mol. The Morgan fingerprint density at radius 3 is 2.62 bits per heavy atom. The van der Waals surface area contributed by atoms with Gasteiger partial charge in [-0.2, -0.15) is 0 Å². The van der Waals surface area contributed by atoms with Crippen molar-refractivity contribution >= 4 is 33.4 Å². The highest BCUT2D eigenvalue weighted by atomic mass is 32.2. The summed E-state index contributed by atoms with van der Waals surface area (Å²) < 4.78 is 25.9. The van der Waals surface area contributed by atoms with Gasteiger partial charge in [0.05, 0.1) is 10.6 Å². The van der Waals surface area contributed by atoms with Crippen molar-refractivity contribution in [2.75, 3.05) is 25.5 Å². The summed E-state index contributed by atoms with van der Waals surface area (Å²) in [6, 6.07) is 14.1. The van der Waals surface area contributed by atoms with Crippen LogP contribution in [0.15, 0.2) is 58.3 Å². The molecule has 3 rings (SSSR count). The van der Waals surface area contributed by atoms with Gasteiger partial charge in [-0.1, -0.05) is 25.1 Å². The monoisotopic (exact) mass is 390 g/mol. The smallest absolute Gasteiger partial charge is 0.258 e. The van der Waals surface area contributed by atoms with Gasteiger partial charge in [0.2, 0.25) is 10.0 Å². The third kappa shape index (κ3) is 3.65. The van der Waals surface area contributed by atoms with E-state index >= 15 is 0 Å². The van der Waals surface area contributed by atoms with Crippen molar-refractivity contribution in [1.82, 2.24) is 4.31 Å². The van der Waals surface area contributed by atoms with E-state index in [0.29, 0.717) is 17.4 Å². The van der Waals surface area contributed by atoms with Crippen LogP contribution in [0.5, 0.6) is 0 Å². The Kier molecular flexibility index (Phi) is 5.41. The van der Waals surface area contributed by atoms with E-state index in [1.165, 1.54) is 26.2 Å². The van der Waals surface area contributed by atoms with Crippen LogP contribution in [0.2, 0.25) is 0 Å². The number of hydrogen-bond donors (Lipinski definition) is 0. The number of hydrogen-bond acceptors (Lipinski definition) is 4. The van der Waals surface area contributed by atoms with Crippen molar-refractivity contribution in [3.8, 4) is 0 Å². The molecule has 0 aliphatic carbocycles. The van der Waals surface area contributed by atoms with Crippen molar-refractivity contribution in [2.24, 2.45) is 0 Å². The van der Waals surface area contributed by atoms with E-state index in [4.69, 9.17) is 0 Å². The molecular weight excluding hydrogens is 368 g/mol. The Bertz CT molecular complexity index is 926. The molecule has 1 aliphatic heterocycles. The maximum absolute atomic E-state index is 13.2. The van der Waals surface area contributed by atoms with Crippen LogP contribution in [0, 0.1) is 0 Å². The van der Waals surface area contributed by atoms with Crippen molar-refractivity contribution < 1.29 is 13.2 Å². The lowest BCUT2D eigenvalue weighted by Gasteiger charge is -2.23. The molecule has 26 heavy (non-hydrogen) atoms. The second-order valence-electron chi connectivity index (χ2n) is 6.46. The van der Waals surface area contributed by atoms with Gasteiger partial charge in [0.1, 0.15) is 0 Å². The van der Waals surface area contributed by atoms with E-state index in [0.717, 1.165) is 21.3 Å². The van der Waals surface area contributed by atoms with Crippen LogP contribution in [0.1, 0.15) is 23.7 Å². The number of benzene rings is 2. The predicted octanol–water partition coefficient (Wildman–Crippen LogP) is 3.47. The lowest BCUT2D eigenvalue weighted by Crippen LogP contribution is -2.32. The average Bonchev–Trinajstić information content (AvgIpc) is 2.79. The molecular formula is C19H22N2O3S2. The molecule has 138 valence electrons. The number of amides is 1. The number of rotatable bonds is 3. The van der Waals surface area contributed by atoms with Crippen LogP contribution in [-0.2, 0) is 10.0 Å². The quantitative estimate of drug-likeness (QED) is 0.805. The van der Waals surface area contributed by atoms with Gasteiger partial charge in [0.15, 0.2) is 0 Å². The minimum absolute atomic E-state index is 0.124. The minimum atomic E-state index is -3.58. The number of carbonyl (C=O) groups excluding carboxylic acids is 1. The van der Waals surface area contributed by atoms with Gasteiger partial charge in [0, 0.05) is 36.3 Å². The van der Waals surface area contributed by atoms with Crippen LogP contribution in [0.4, 0.5) is 5.69 Å². The molecule has 1 aliphatic rings. The van der Waals surface area contributed by atoms with Crippen LogP contribution in [0.3, 0.4) is 0 Å². The molecule has 0 bridgehead atoms. The fourth-order valence-corrected chi connectivity index (χ4v) is 4.91. The third-order valence-electron chi connectivity index (χ3n) is 4.35. The number of sulfonamides is 1. The van der Waals surface area contributed by atoms with E-state index in [-0.39, 0.29) is 10.8 Å². The Morgan fingerprint density at radius 1 is 1.15 bits per heavy atom. The molecule has 1 atom stereocenters. The topological polar surface area (TPSA) is 57.7 Å². The molecule has 2 aromatic carbocycles. The van der Waals surface area contributed by atoms with Gasteiger partial charge in [-0.15, -0.1) is 11.8 Å². The molecule has 0 unspecified atom stereocenters. The molecule has 0 spiro atoms. The second-order valence-corrected chi connectivity index (χ2v) is 10.1. The summed E-state index contributed by atoms with van der Waals surface area (Å²) >= 11 is 1.76. The minimum Gasteiger partial charge on any atom is -0.307 e. The Labute approximate surface area is 159 Å². The van der Waals surface area contributed by atoms with Crippen molar-refractivity contribution in [2.45, 2.75) is 28.4 Å². The summed E-state index contributed by atoms with van der Waals surface area (Å²) in [5, 5.41) is 0.411. The normalized spacial score (nSPS) is 17.7. The van der Waals surface area contributed by atoms with E-state index in [2.05, 4.69) is 6.92 Å². The lowest BCUT2D eigenvalue weighted by molar-refractivity contribution is 0.0986. The van der Waals surface area contributed by atoms with Gasteiger partial charge in [-0.25, -0.2) is 12.7 Å². The first-order chi connectivity index (χ1) is 12.3. The van der Waals surface area contributed by atoms with E-state index in [9.17, 15) is 13.2 Å². The summed E-state index contributed by atoms with van der Waals surface area (Å²) in [6.45, 7) is 2.76. The number of anilines is 1. The highest BCUT2D eigenvalue weighted by Crippen LogP contribution is 2.37. The molecule has 0 fully saturated rings. The molecule has 5 nitrogen and oxygen atoms in total. The summed E-state index contributed by atoms with van der Waals surface area (Å²) in [4.78, 5) is 16.1. The second kappa shape index (κ2) is 7.42. The summed E-state index contributed by atoms with van der Waals surface area (Å²) in [5.74, 6) is -0.178. The SMILES string of the molecule is C[C@H]1CCN(C(=O)c2cccc(S(=O)(=O)N(C)C)c2)c2ccccc2S1.